The molecule has 6 heteroatoms. The van der Waals surface area contributed by atoms with Gasteiger partial charge in [0, 0.05) is 24.3 Å². The van der Waals surface area contributed by atoms with E-state index < -0.39 is 0 Å². The van der Waals surface area contributed by atoms with Crippen LogP contribution in [0.1, 0.15) is 68.1 Å². The van der Waals surface area contributed by atoms with E-state index in [0.29, 0.717) is 17.5 Å². The van der Waals surface area contributed by atoms with E-state index >= 15 is 0 Å². The molecule has 2 saturated carbocycles. The van der Waals surface area contributed by atoms with Gasteiger partial charge in [-0.15, -0.1) is 0 Å². The van der Waals surface area contributed by atoms with Gasteiger partial charge in [0.1, 0.15) is 0 Å². The molecule has 0 aromatic carbocycles. The zero-order valence-corrected chi connectivity index (χ0v) is 15.5. The highest BCUT2D eigenvalue weighted by atomic mass is 16.5. The van der Waals surface area contributed by atoms with Gasteiger partial charge in [-0.05, 0) is 31.7 Å². The van der Waals surface area contributed by atoms with Gasteiger partial charge < -0.3 is 15.4 Å². The van der Waals surface area contributed by atoms with E-state index in [2.05, 4.69) is 15.6 Å². The average molecular weight is 359 g/mol. The van der Waals surface area contributed by atoms with Gasteiger partial charge in [-0.2, -0.15) is 0 Å². The number of nitrogens with zero attached hydrogens (tertiary/aromatic N) is 1. The maximum atomic E-state index is 12.7. The Morgan fingerprint density at radius 3 is 2.42 bits per heavy atom. The molecule has 3 rings (SSSR count). The van der Waals surface area contributed by atoms with Crippen molar-refractivity contribution in [1.82, 2.24) is 15.6 Å². The van der Waals surface area contributed by atoms with E-state index in [0.717, 1.165) is 32.1 Å². The van der Waals surface area contributed by atoms with Gasteiger partial charge in [0.25, 0.3) is 5.91 Å². The summed E-state index contributed by atoms with van der Waals surface area (Å²) in [6.45, 7) is 0. The summed E-state index contributed by atoms with van der Waals surface area (Å²) in [5.41, 5.74) is 0.487. The highest BCUT2D eigenvalue weighted by Gasteiger charge is 2.35. The number of hydrogen-bond donors (Lipinski definition) is 2. The first kappa shape index (κ1) is 18.7. The molecule has 26 heavy (non-hydrogen) atoms. The molecule has 0 radical (unpaired) electrons. The standard InChI is InChI=1S/C20H29N3O3/c1-26-18-12-11-14(13-21-18)19(24)23-17-10-6-9-16(17)20(25)22-15-7-4-2-3-5-8-15/h11-13,15-17H,2-10H2,1H3,(H,22,25)(H,23,24)/t16-,17+/m0/s1. The molecule has 0 spiro atoms. The van der Waals surface area contributed by atoms with Crippen LogP contribution in [0, 0.1) is 5.92 Å². The number of hydrogen-bond acceptors (Lipinski definition) is 4. The summed E-state index contributed by atoms with van der Waals surface area (Å²) in [5, 5.41) is 6.27. The van der Waals surface area contributed by atoms with Crippen molar-refractivity contribution in [2.24, 2.45) is 5.92 Å². The molecule has 2 aliphatic rings. The monoisotopic (exact) mass is 359 g/mol. The number of methoxy groups -OCH3 is 1. The minimum atomic E-state index is -0.181. The van der Waals surface area contributed by atoms with Crippen LogP contribution >= 0.6 is 0 Å². The number of pyridine rings is 1. The second kappa shape index (κ2) is 9.01. The van der Waals surface area contributed by atoms with E-state index in [-0.39, 0.29) is 23.8 Å². The highest BCUT2D eigenvalue weighted by molar-refractivity contribution is 5.94. The Hall–Kier alpha value is -2.11. The Kier molecular flexibility index (Phi) is 6.47. The van der Waals surface area contributed by atoms with Crippen molar-refractivity contribution in [3.8, 4) is 5.88 Å². The topological polar surface area (TPSA) is 80.3 Å². The Balaban J connectivity index is 1.56. The maximum Gasteiger partial charge on any atom is 0.253 e. The molecule has 2 fully saturated rings. The number of amides is 2. The third-order valence-electron chi connectivity index (χ3n) is 5.58. The zero-order chi connectivity index (χ0) is 18.4. The normalized spacial score (nSPS) is 23.9. The van der Waals surface area contributed by atoms with Crippen LogP contribution in [-0.2, 0) is 4.79 Å². The number of aromatic nitrogens is 1. The quantitative estimate of drug-likeness (QED) is 0.792. The smallest absolute Gasteiger partial charge is 0.253 e. The summed E-state index contributed by atoms with van der Waals surface area (Å²) in [4.78, 5) is 29.3. The number of nitrogens with one attached hydrogen (secondary N) is 2. The van der Waals surface area contributed by atoms with E-state index in [9.17, 15) is 9.59 Å². The van der Waals surface area contributed by atoms with E-state index in [4.69, 9.17) is 4.74 Å². The Morgan fingerprint density at radius 1 is 1.00 bits per heavy atom. The first-order valence-corrected chi connectivity index (χ1v) is 9.78. The van der Waals surface area contributed by atoms with Crippen molar-refractivity contribution >= 4 is 11.8 Å². The molecule has 1 aromatic heterocycles. The van der Waals surface area contributed by atoms with Gasteiger partial charge in [0.15, 0.2) is 0 Å². The van der Waals surface area contributed by atoms with Crippen LogP contribution in [0.3, 0.4) is 0 Å². The molecule has 2 atom stereocenters. The van der Waals surface area contributed by atoms with Crippen molar-refractivity contribution in [2.75, 3.05) is 7.11 Å². The summed E-state index contributed by atoms with van der Waals surface area (Å²) >= 11 is 0. The molecule has 2 amide bonds. The van der Waals surface area contributed by atoms with Crippen molar-refractivity contribution in [2.45, 2.75) is 69.9 Å². The maximum absolute atomic E-state index is 12.7. The summed E-state index contributed by atoms with van der Waals surface area (Å²) in [6.07, 6.45) is 11.2. The fourth-order valence-electron chi connectivity index (χ4n) is 4.07. The molecule has 0 aliphatic heterocycles. The minimum absolute atomic E-state index is 0.102. The van der Waals surface area contributed by atoms with Crippen LogP contribution < -0.4 is 15.4 Å². The van der Waals surface area contributed by atoms with Gasteiger partial charge >= 0.3 is 0 Å². The van der Waals surface area contributed by atoms with E-state index in [1.54, 1.807) is 12.1 Å². The number of rotatable bonds is 5. The lowest BCUT2D eigenvalue weighted by Crippen LogP contribution is -2.46. The molecule has 2 aliphatic carbocycles. The molecule has 6 nitrogen and oxygen atoms in total. The van der Waals surface area contributed by atoms with Gasteiger partial charge in [0.05, 0.1) is 18.6 Å². The third kappa shape index (κ3) is 4.74. The first-order chi connectivity index (χ1) is 12.7. The summed E-state index contributed by atoms with van der Waals surface area (Å²) < 4.78 is 5.02. The molecule has 0 unspecified atom stereocenters. The Labute approximate surface area is 155 Å². The predicted octanol–water partition coefficient (Wildman–Crippen LogP) is 2.83. The molecule has 1 heterocycles. The van der Waals surface area contributed by atoms with Gasteiger partial charge in [0.2, 0.25) is 11.8 Å². The van der Waals surface area contributed by atoms with Crippen molar-refractivity contribution in [1.29, 1.82) is 0 Å². The second-order valence-electron chi connectivity index (χ2n) is 7.40. The van der Waals surface area contributed by atoms with E-state index in [1.807, 2.05) is 0 Å². The second-order valence-corrected chi connectivity index (χ2v) is 7.40. The Bertz CT molecular complexity index is 609. The molecular weight excluding hydrogens is 330 g/mol. The molecular formula is C20H29N3O3. The van der Waals surface area contributed by atoms with Crippen molar-refractivity contribution in [3.63, 3.8) is 0 Å². The van der Waals surface area contributed by atoms with Crippen molar-refractivity contribution < 1.29 is 14.3 Å². The van der Waals surface area contributed by atoms with Crippen molar-refractivity contribution in [3.05, 3.63) is 23.9 Å². The highest BCUT2D eigenvalue weighted by Crippen LogP contribution is 2.27. The van der Waals surface area contributed by atoms with Gasteiger partial charge in [-0.1, -0.05) is 32.1 Å². The van der Waals surface area contributed by atoms with Crippen LogP contribution in [-0.4, -0.2) is 36.0 Å². The van der Waals surface area contributed by atoms with Crippen LogP contribution in [0.4, 0.5) is 0 Å². The average Bonchev–Trinajstić information content (AvgIpc) is 2.97. The third-order valence-corrected chi connectivity index (χ3v) is 5.58. The zero-order valence-electron chi connectivity index (χ0n) is 15.5. The lowest BCUT2D eigenvalue weighted by molar-refractivity contribution is -0.126. The summed E-state index contributed by atoms with van der Waals surface area (Å²) in [7, 11) is 1.54. The molecule has 142 valence electrons. The molecule has 0 saturated heterocycles. The lowest BCUT2D eigenvalue weighted by Gasteiger charge is -2.24. The van der Waals surface area contributed by atoms with Gasteiger partial charge in [-0.25, -0.2) is 4.98 Å². The fourth-order valence-corrected chi connectivity index (χ4v) is 4.07. The molecule has 1 aromatic rings. The van der Waals surface area contributed by atoms with Crippen LogP contribution in [0.5, 0.6) is 5.88 Å². The van der Waals surface area contributed by atoms with E-state index in [1.165, 1.54) is 39.0 Å². The number of carbonyl (C=O) groups excluding carboxylic acids is 2. The number of ether oxygens (including phenoxy) is 1. The molecule has 2 N–H and O–H groups in total. The lowest BCUT2D eigenvalue weighted by atomic mass is 10.0. The minimum Gasteiger partial charge on any atom is -0.481 e. The van der Waals surface area contributed by atoms with Crippen LogP contribution in [0.15, 0.2) is 18.3 Å². The predicted molar refractivity (Wildman–Crippen MR) is 99.0 cm³/mol. The summed E-state index contributed by atoms with van der Waals surface area (Å²) in [6, 6.07) is 3.56. The SMILES string of the molecule is COc1ccc(C(=O)N[C@@H]2CCC[C@@H]2C(=O)NC2CCCCCC2)cn1. The molecule has 0 bridgehead atoms. The first-order valence-electron chi connectivity index (χ1n) is 9.78. The fraction of sp³-hybridized carbons (Fsp3) is 0.650. The summed E-state index contributed by atoms with van der Waals surface area (Å²) in [5.74, 6) is 0.267. The Morgan fingerprint density at radius 2 is 1.77 bits per heavy atom. The largest absolute Gasteiger partial charge is 0.481 e. The number of carbonyl (C=O) groups is 2. The van der Waals surface area contributed by atoms with Gasteiger partial charge in [-0.3, -0.25) is 9.59 Å². The van der Waals surface area contributed by atoms with Crippen LogP contribution in [0.25, 0.3) is 0 Å². The van der Waals surface area contributed by atoms with Crippen LogP contribution in [0.2, 0.25) is 0 Å².